The lowest BCUT2D eigenvalue weighted by Crippen LogP contribution is -2.39. The number of rotatable bonds is 5. The standard InChI is InChI=1S/C23H23ClN4O3/c1-2-20(29)25-19-7-3-5-16(13-19)21-26-22(31-27-21)17-6-4-12-28(14-17)23(30)15-8-10-18(24)11-9-15/h3,5,7-11,13,17H,2,4,6,12,14H2,1H3,(H,25,29)/t17-/m0/s1. The fourth-order valence-corrected chi connectivity index (χ4v) is 3.77. The summed E-state index contributed by atoms with van der Waals surface area (Å²) in [6.45, 7) is 3.02. The maximum absolute atomic E-state index is 12.8. The molecule has 1 aliphatic heterocycles. The monoisotopic (exact) mass is 438 g/mol. The molecule has 8 heteroatoms. The second-order valence-electron chi connectivity index (χ2n) is 7.54. The van der Waals surface area contributed by atoms with E-state index in [0.717, 1.165) is 18.4 Å². The van der Waals surface area contributed by atoms with Gasteiger partial charge in [-0.3, -0.25) is 9.59 Å². The van der Waals surface area contributed by atoms with Crippen LogP contribution in [0.5, 0.6) is 0 Å². The Bertz CT molecular complexity index is 1080. The average Bonchev–Trinajstić information content (AvgIpc) is 3.30. The predicted octanol–water partition coefficient (Wildman–Crippen LogP) is 4.76. The van der Waals surface area contributed by atoms with Gasteiger partial charge in [-0.25, -0.2) is 0 Å². The third kappa shape index (κ3) is 4.94. The minimum absolute atomic E-state index is 0.0192. The zero-order chi connectivity index (χ0) is 21.8. The molecule has 1 atom stereocenters. The van der Waals surface area contributed by atoms with Crippen LogP contribution in [0.3, 0.4) is 0 Å². The van der Waals surface area contributed by atoms with E-state index in [1.807, 2.05) is 29.2 Å². The van der Waals surface area contributed by atoms with Crippen LogP contribution in [0.25, 0.3) is 11.4 Å². The third-order valence-electron chi connectivity index (χ3n) is 5.32. The molecular formula is C23H23ClN4O3. The van der Waals surface area contributed by atoms with Crippen LogP contribution >= 0.6 is 11.6 Å². The van der Waals surface area contributed by atoms with Crippen molar-refractivity contribution in [3.05, 3.63) is 65.0 Å². The Morgan fingerprint density at radius 1 is 1.23 bits per heavy atom. The maximum Gasteiger partial charge on any atom is 0.253 e. The summed E-state index contributed by atoms with van der Waals surface area (Å²) < 4.78 is 5.55. The molecule has 1 aromatic heterocycles. The Balaban J connectivity index is 1.47. The van der Waals surface area contributed by atoms with E-state index in [2.05, 4.69) is 15.5 Å². The molecule has 1 N–H and O–H groups in total. The van der Waals surface area contributed by atoms with Crippen LogP contribution < -0.4 is 5.32 Å². The molecule has 160 valence electrons. The number of anilines is 1. The lowest BCUT2D eigenvalue weighted by atomic mass is 9.97. The topological polar surface area (TPSA) is 88.3 Å². The van der Waals surface area contributed by atoms with Crippen LogP contribution in [0.4, 0.5) is 5.69 Å². The van der Waals surface area contributed by atoms with Crippen molar-refractivity contribution in [2.45, 2.75) is 32.1 Å². The van der Waals surface area contributed by atoms with Crippen molar-refractivity contribution in [2.75, 3.05) is 18.4 Å². The van der Waals surface area contributed by atoms with Crippen molar-refractivity contribution in [3.63, 3.8) is 0 Å². The maximum atomic E-state index is 12.8. The SMILES string of the molecule is CCC(=O)Nc1cccc(-c2noc([C@H]3CCCN(C(=O)c4ccc(Cl)cc4)C3)n2)c1. The number of benzene rings is 2. The van der Waals surface area contributed by atoms with Gasteiger partial charge in [0.05, 0.1) is 5.92 Å². The molecule has 2 aromatic carbocycles. The van der Waals surface area contributed by atoms with Gasteiger partial charge in [-0.05, 0) is 49.2 Å². The van der Waals surface area contributed by atoms with Crippen molar-refractivity contribution >= 4 is 29.1 Å². The molecule has 1 aliphatic rings. The Labute approximate surface area is 185 Å². The summed E-state index contributed by atoms with van der Waals surface area (Å²) in [4.78, 5) is 30.9. The van der Waals surface area contributed by atoms with E-state index in [-0.39, 0.29) is 17.7 Å². The van der Waals surface area contributed by atoms with Gasteiger partial charge < -0.3 is 14.7 Å². The van der Waals surface area contributed by atoms with Crippen LogP contribution in [0.15, 0.2) is 53.1 Å². The van der Waals surface area contributed by atoms with Gasteiger partial charge in [0.15, 0.2) is 0 Å². The number of hydrogen-bond acceptors (Lipinski definition) is 5. The van der Waals surface area contributed by atoms with E-state index in [1.165, 1.54) is 0 Å². The summed E-state index contributed by atoms with van der Waals surface area (Å²) in [5, 5.41) is 7.56. The molecule has 1 fully saturated rings. The van der Waals surface area contributed by atoms with Gasteiger partial charge in [0.2, 0.25) is 17.6 Å². The van der Waals surface area contributed by atoms with Crippen molar-refractivity contribution in [3.8, 4) is 11.4 Å². The molecule has 31 heavy (non-hydrogen) atoms. The normalized spacial score (nSPS) is 16.2. The molecule has 4 rings (SSSR count). The highest BCUT2D eigenvalue weighted by atomic mass is 35.5. The lowest BCUT2D eigenvalue weighted by molar-refractivity contribution is -0.115. The average molecular weight is 439 g/mol. The molecular weight excluding hydrogens is 416 g/mol. The van der Waals surface area contributed by atoms with Gasteiger partial charge in [-0.2, -0.15) is 4.98 Å². The summed E-state index contributed by atoms with van der Waals surface area (Å²) in [7, 11) is 0. The van der Waals surface area contributed by atoms with Gasteiger partial charge in [0.25, 0.3) is 5.91 Å². The molecule has 0 spiro atoms. The summed E-state index contributed by atoms with van der Waals surface area (Å²) >= 11 is 5.93. The molecule has 2 heterocycles. The summed E-state index contributed by atoms with van der Waals surface area (Å²) in [6.07, 6.45) is 2.14. The van der Waals surface area contributed by atoms with E-state index in [0.29, 0.717) is 47.5 Å². The van der Waals surface area contributed by atoms with E-state index < -0.39 is 0 Å². The number of nitrogens with zero attached hydrogens (tertiary/aromatic N) is 3. The lowest BCUT2D eigenvalue weighted by Gasteiger charge is -2.31. The van der Waals surface area contributed by atoms with E-state index in [4.69, 9.17) is 16.1 Å². The second kappa shape index (κ2) is 9.31. The van der Waals surface area contributed by atoms with Crippen LogP contribution in [0, 0.1) is 0 Å². The van der Waals surface area contributed by atoms with E-state index in [9.17, 15) is 9.59 Å². The molecule has 0 unspecified atom stereocenters. The Morgan fingerprint density at radius 2 is 2.03 bits per heavy atom. The van der Waals surface area contributed by atoms with Crippen molar-refractivity contribution < 1.29 is 14.1 Å². The first-order chi connectivity index (χ1) is 15.0. The molecule has 7 nitrogen and oxygen atoms in total. The zero-order valence-electron chi connectivity index (χ0n) is 17.2. The zero-order valence-corrected chi connectivity index (χ0v) is 17.9. The molecule has 0 aliphatic carbocycles. The third-order valence-corrected chi connectivity index (χ3v) is 5.57. The fraction of sp³-hybridized carbons (Fsp3) is 0.304. The molecule has 0 saturated carbocycles. The van der Waals surface area contributed by atoms with Crippen molar-refractivity contribution in [2.24, 2.45) is 0 Å². The smallest absolute Gasteiger partial charge is 0.253 e. The van der Waals surface area contributed by atoms with Crippen molar-refractivity contribution in [1.82, 2.24) is 15.0 Å². The fourth-order valence-electron chi connectivity index (χ4n) is 3.64. The molecule has 0 radical (unpaired) electrons. The predicted molar refractivity (Wildman–Crippen MR) is 118 cm³/mol. The summed E-state index contributed by atoms with van der Waals surface area (Å²) in [5.41, 5.74) is 2.06. The number of halogens is 1. The highest BCUT2D eigenvalue weighted by Gasteiger charge is 2.29. The van der Waals surface area contributed by atoms with E-state index >= 15 is 0 Å². The number of carbonyl (C=O) groups excluding carboxylic acids is 2. The Morgan fingerprint density at radius 3 is 2.81 bits per heavy atom. The number of hydrogen-bond donors (Lipinski definition) is 1. The Kier molecular flexibility index (Phi) is 6.32. The first-order valence-corrected chi connectivity index (χ1v) is 10.7. The van der Waals surface area contributed by atoms with Crippen LogP contribution in [-0.2, 0) is 4.79 Å². The molecule has 2 amide bonds. The van der Waals surface area contributed by atoms with Crippen LogP contribution in [-0.4, -0.2) is 39.9 Å². The number of aromatic nitrogens is 2. The van der Waals surface area contributed by atoms with Gasteiger partial charge in [-0.15, -0.1) is 0 Å². The first kappa shape index (κ1) is 21.1. The van der Waals surface area contributed by atoms with Gasteiger partial charge in [-0.1, -0.05) is 35.8 Å². The van der Waals surface area contributed by atoms with Gasteiger partial charge >= 0.3 is 0 Å². The minimum atomic E-state index is -0.0568. The summed E-state index contributed by atoms with van der Waals surface area (Å²) in [5.74, 6) is 0.878. The Hall–Kier alpha value is -3.19. The molecule has 0 bridgehead atoms. The number of amides is 2. The molecule has 3 aromatic rings. The van der Waals surface area contributed by atoms with Crippen molar-refractivity contribution in [1.29, 1.82) is 0 Å². The van der Waals surface area contributed by atoms with Gasteiger partial charge in [0, 0.05) is 41.3 Å². The largest absolute Gasteiger partial charge is 0.339 e. The number of likely N-dealkylation sites (tertiary alicyclic amines) is 1. The highest BCUT2D eigenvalue weighted by molar-refractivity contribution is 6.30. The number of piperidine rings is 1. The number of nitrogens with one attached hydrogen (secondary N) is 1. The second-order valence-corrected chi connectivity index (χ2v) is 7.97. The van der Waals surface area contributed by atoms with E-state index in [1.54, 1.807) is 31.2 Å². The van der Waals surface area contributed by atoms with Crippen LogP contribution in [0.2, 0.25) is 5.02 Å². The summed E-state index contributed by atoms with van der Waals surface area (Å²) in [6, 6.07) is 14.3. The quantitative estimate of drug-likeness (QED) is 0.620. The first-order valence-electron chi connectivity index (χ1n) is 10.3. The minimum Gasteiger partial charge on any atom is -0.339 e. The highest BCUT2D eigenvalue weighted by Crippen LogP contribution is 2.29. The molecule has 1 saturated heterocycles. The number of carbonyl (C=O) groups is 2. The van der Waals surface area contributed by atoms with Crippen LogP contribution in [0.1, 0.15) is 48.4 Å². The van der Waals surface area contributed by atoms with Gasteiger partial charge in [0.1, 0.15) is 0 Å².